The third kappa shape index (κ3) is 3.73. The molecule has 0 atom stereocenters. The number of anilines is 2. The topological polar surface area (TPSA) is 6.48 Å². The van der Waals surface area contributed by atoms with Crippen LogP contribution < -0.4 is 4.90 Å². The van der Waals surface area contributed by atoms with Gasteiger partial charge in [0, 0.05) is 16.3 Å². The fraction of sp³-hybridized carbons (Fsp3) is 0.455. The lowest BCUT2D eigenvalue weighted by Crippen LogP contribution is -2.35. The van der Waals surface area contributed by atoms with Crippen LogP contribution in [0, 0.1) is 12.8 Å². The van der Waals surface area contributed by atoms with Crippen molar-refractivity contribution < 1.29 is 0 Å². The van der Waals surface area contributed by atoms with E-state index in [-0.39, 0.29) is 0 Å². The molecule has 4 rings (SSSR count). The first-order chi connectivity index (χ1) is 12.2. The van der Waals surface area contributed by atoms with Crippen LogP contribution in [-0.4, -0.2) is 31.1 Å². The Bertz CT molecular complexity index is 735. The Hall–Kier alpha value is -1.45. The highest BCUT2D eigenvalue weighted by Gasteiger charge is 2.23. The molecule has 2 aliphatic rings. The van der Waals surface area contributed by atoms with Crippen LogP contribution in [0.2, 0.25) is 0 Å². The van der Waals surface area contributed by atoms with Gasteiger partial charge in [-0.2, -0.15) is 0 Å². The molecule has 2 nitrogen and oxygen atoms in total. The number of rotatable bonds is 4. The summed E-state index contributed by atoms with van der Waals surface area (Å²) in [6.45, 7) is 9.46. The first-order valence-corrected chi connectivity index (χ1v) is 10.4. The fourth-order valence-corrected chi connectivity index (χ4v) is 4.99. The zero-order valence-electron chi connectivity index (χ0n) is 15.4. The summed E-state index contributed by atoms with van der Waals surface area (Å²) < 4.78 is 0. The fourth-order valence-electron chi connectivity index (χ4n) is 3.92. The van der Waals surface area contributed by atoms with Crippen LogP contribution in [0.4, 0.5) is 11.4 Å². The van der Waals surface area contributed by atoms with E-state index in [4.69, 9.17) is 0 Å². The molecule has 1 saturated heterocycles. The molecular weight excluding hydrogens is 324 g/mol. The van der Waals surface area contributed by atoms with E-state index in [0.29, 0.717) is 0 Å². The third-order valence-corrected chi connectivity index (χ3v) is 6.64. The highest BCUT2D eigenvalue weighted by atomic mass is 32.2. The van der Waals surface area contributed by atoms with E-state index in [0.717, 1.165) is 12.5 Å². The van der Waals surface area contributed by atoms with E-state index in [1.54, 1.807) is 0 Å². The molecule has 0 amide bonds. The van der Waals surface area contributed by atoms with E-state index < -0.39 is 0 Å². The van der Waals surface area contributed by atoms with Crippen molar-refractivity contribution in [1.29, 1.82) is 0 Å². The second kappa shape index (κ2) is 7.43. The molecule has 25 heavy (non-hydrogen) atoms. The monoisotopic (exact) mass is 352 g/mol. The summed E-state index contributed by atoms with van der Waals surface area (Å²) in [6.07, 6.45) is 3.96. The van der Waals surface area contributed by atoms with Gasteiger partial charge < -0.3 is 9.80 Å². The Morgan fingerprint density at radius 1 is 0.960 bits per heavy atom. The van der Waals surface area contributed by atoms with Crippen molar-refractivity contribution in [3.63, 3.8) is 0 Å². The molecule has 0 aliphatic carbocycles. The van der Waals surface area contributed by atoms with Gasteiger partial charge in [0.1, 0.15) is 0 Å². The minimum atomic E-state index is 0.914. The van der Waals surface area contributed by atoms with Crippen LogP contribution in [0.5, 0.6) is 0 Å². The summed E-state index contributed by atoms with van der Waals surface area (Å²) in [7, 11) is 0. The van der Waals surface area contributed by atoms with E-state index in [2.05, 4.69) is 66.1 Å². The van der Waals surface area contributed by atoms with Crippen LogP contribution in [0.15, 0.2) is 52.3 Å². The SMILES string of the molecule is Cc1ccc2c(c1)N(CCCN1CCC(C)CC1)c1ccccc1S2. The van der Waals surface area contributed by atoms with Crippen LogP contribution in [0.1, 0.15) is 31.7 Å². The van der Waals surface area contributed by atoms with Crippen molar-refractivity contribution in [3.05, 3.63) is 48.0 Å². The Labute approximate surface area is 156 Å². The van der Waals surface area contributed by atoms with E-state index in [1.807, 2.05) is 11.8 Å². The number of fused-ring (bicyclic) bond motifs is 2. The van der Waals surface area contributed by atoms with Crippen LogP contribution in [-0.2, 0) is 0 Å². The Morgan fingerprint density at radius 2 is 1.72 bits per heavy atom. The summed E-state index contributed by atoms with van der Waals surface area (Å²) in [6, 6.07) is 15.7. The van der Waals surface area contributed by atoms with Gasteiger partial charge in [-0.15, -0.1) is 0 Å². The maximum Gasteiger partial charge on any atom is 0.0555 e. The molecule has 0 spiro atoms. The quantitative estimate of drug-likeness (QED) is 0.695. The molecule has 0 unspecified atom stereocenters. The second-order valence-corrected chi connectivity index (χ2v) is 8.65. The first kappa shape index (κ1) is 17.0. The van der Waals surface area contributed by atoms with Crippen LogP contribution in [0.3, 0.4) is 0 Å². The average molecular weight is 353 g/mol. The van der Waals surface area contributed by atoms with E-state index in [9.17, 15) is 0 Å². The molecule has 0 bridgehead atoms. The largest absolute Gasteiger partial charge is 0.340 e. The van der Waals surface area contributed by atoms with Gasteiger partial charge in [0.25, 0.3) is 0 Å². The number of benzene rings is 2. The van der Waals surface area contributed by atoms with Crippen molar-refractivity contribution in [2.45, 2.75) is 42.9 Å². The van der Waals surface area contributed by atoms with Gasteiger partial charge in [-0.1, -0.05) is 36.9 Å². The number of para-hydroxylation sites is 1. The lowest BCUT2D eigenvalue weighted by atomic mass is 9.99. The predicted molar refractivity (Wildman–Crippen MR) is 108 cm³/mol. The molecule has 2 aromatic rings. The molecule has 0 aromatic heterocycles. The number of piperidine rings is 1. The minimum Gasteiger partial charge on any atom is -0.340 e. The van der Waals surface area contributed by atoms with Gasteiger partial charge in [-0.25, -0.2) is 0 Å². The van der Waals surface area contributed by atoms with Gasteiger partial charge in [0.2, 0.25) is 0 Å². The molecule has 1 fully saturated rings. The predicted octanol–water partition coefficient (Wildman–Crippen LogP) is 5.72. The smallest absolute Gasteiger partial charge is 0.0555 e. The average Bonchev–Trinajstić information content (AvgIpc) is 2.63. The minimum absolute atomic E-state index is 0.914. The summed E-state index contributed by atoms with van der Waals surface area (Å²) in [5.41, 5.74) is 4.10. The molecule has 0 radical (unpaired) electrons. The highest BCUT2D eigenvalue weighted by Crippen LogP contribution is 2.48. The van der Waals surface area contributed by atoms with Crippen LogP contribution >= 0.6 is 11.8 Å². The lowest BCUT2D eigenvalue weighted by Gasteiger charge is -2.34. The highest BCUT2D eigenvalue weighted by molar-refractivity contribution is 7.99. The molecule has 0 N–H and O–H groups in total. The van der Waals surface area contributed by atoms with E-state index in [1.165, 1.54) is 65.6 Å². The molecule has 0 saturated carbocycles. The first-order valence-electron chi connectivity index (χ1n) is 9.58. The molecule has 132 valence electrons. The third-order valence-electron chi connectivity index (χ3n) is 5.51. The Balaban J connectivity index is 1.49. The number of hydrogen-bond donors (Lipinski definition) is 0. The summed E-state index contributed by atoms with van der Waals surface area (Å²) in [5.74, 6) is 0.914. The Kier molecular flexibility index (Phi) is 5.05. The van der Waals surface area contributed by atoms with E-state index >= 15 is 0 Å². The zero-order valence-corrected chi connectivity index (χ0v) is 16.2. The molecule has 2 aromatic carbocycles. The van der Waals surface area contributed by atoms with Crippen molar-refractivity contribution in [3.8, 4) is 0 Å². The van der Waals surface area contributed by atoms with Gasteiger partial charge in [-0.3, -0.25) is 0 Å². The van der Waals surface area contributed by atoms with Crippen molar-refractivity contribution in [1.82, 2.24) is 4.90 Å². The molecular formula is C22H28N2S. The summed E-state index contributed by atoms with van der Waals surface area (Å²) >= 11 is 1.90. The van der Waals surface area contributed by atoms with Crippen molar-refractivity contribution in [2.75, 3.05) is 31.1 Å². The normalized spacial score (nSPS) is 18.1. The maximum absolute atomic E-state index is 2.65. The van der Waals surface area contributed by atoms with Crippen molar-refractivity contribution >= 4 is 23.1 Å². The second-order valence-electron chi connectivity index (χ2n) is 7.57. The van der Waals surface area contributed by atoms with Gasteiger partial charge in [-0.05, 0) is 81.6 Å². The molecule has 2 heterocycles. The number of nitrogens with zero attached hydrogens (tertiary/aromatic N) is 2. The van der Waals surface area contributed by atoms with Crippen LogP contribution in [0.25, 0.3) is 0 Å². The maximum atomic E-state index is 2.65. The molecule has 3 heteroatoms. The lowest BCUT2D eigenvalue weighted by molar-refractivity contribution is 0.191. The van der Waals surface area contributed by atoms with Crippen molar-refractivity contribution in [2.24, 2.45) is 5.92 Å². The van der Waals surface area contributed by atoms with Gasteiger partial charge in [0.05, 0.1) is 11.4 Å². The summed E-state index contributed by atoms with van der Waals surface area (Å²) in [5, 5.41) is 0. The number of aryl methyl sites for hydroxylation is 1. The number of hydrogen-bond acceptors (Lipinski definition) is 3. The Morgan fingerprint density at radius 3 is 2.56 bits per heavy atom. The number of likely N-dealkylation sites (tertiary alicyclic amines) is 1. The zero-order chi connectivity index (χ0) is 17.2. The molecule has 2 aliphatic heterocycles. The van der Waals surface area contributed by atoms with Gasteiger partial charge >= 0.3 is 0 Å². The van der Waals surface area contributed by atoms with Gasteiger partial charge in [0.15, 0.2) is 0 Å². The standard InChI is InChI=1S/C22H28N2S/c1-17-10-14-23(15-11-17)12-5-13-24-19-6-3-4-7-21(19)25-22-9-8-18(2)16-20(22)24/h3-4,6-9,16-17H,5,10-15H2,1-2H3. The summed E-state index contributed by atoms with van der Waals surface area (Å²) in [4.78, 5) is 7.96.